The number of carbonyl (C=O) groups is 1. The lowest BCUT2D eigenvalue weighted by molar-refractivity contribution is 0.0692. The quantitative estimate of drug-likeness (QED) is 0.834. The maximum Gasteiger partial charge on any atom is 0.349 e. The van der Waals surface area contributed by atoms with Crippen LogP contribution in [0.4, 0.5) is 0 Å². The van der Waals surface area contributed by atoms with E-state index in [1.807, 2.05) is 13.8 Å². The summed E-state index contributed by atoms with van der Waals surface area (Å²) in [6.07, 6.45) is -0.607. The fourth-order valence-corrected chi connectivity index (χ4v) is 2.09. The largest absolute Gasteiger partial charge is 0.489 e. The van der Waals surface area contributed by atoms with Crippen LogP contribution in [0.15, 0.2) is 6.07 Å². The molecule has 1 unspecified atom stereocenters. The zero-order chi connectivity index (χ0) is 12.3. The van der Waals surface area contributed by atoms with E-state index in [0.29, 0.717) is 5.75 Å². The van der Waals surface area contributed by atoms with Gasteiger partial charge in [-0.1, -0.05) is 13.8 Å². The molecular weight excluding hydrogens is 228 g/mol. The number of carboxylic acid groups (broad SMARTS) is 1. The predicted octanol–water partition coefficient (Wildman–Crippen LogP) is 2.33. The van der Waals surface area contributed by atoms with Crippen LogP contribution < -0.4 is 4.74 Å². The molecule has 0 bridgehead atoms. The van der Waals surface area contributed by atoms with Gasteiger partial charge in [-0.25, -0.2) is 4.79 Å². The third-order valence-corrected chi connectivity index (χ3v) is 3.37. The Labute approximate surface area is 98.5 Å². The molecule has 16 heavy (non-hydrogen) atoms. The number of hydrogen-bond donors (Lipinski definition) is 2. The molecule has 0 aromatic carbocycles. The number of thiophene rings is 1. The van der Waals surface area contributed by atoms with E-state index < -0.39 is 12.1 Å². The molecule has 0 aliphatic carbocycles. The number of aliphatic hydroxyl groups is 1. The highest BCUT2D eigenvalue weighted by Gasteiger charge is 2.18. The molecular formula is C11H16O4S. The molecule has 0 fully saturated rings. The van der Waals surface area contributed by atoms with Crippen LogP contribution in [-0.4, -0.2) is 28.9 Å². The average molecular weight is 244 g/mol. The summed E-state index contributed by atoms with van der Waals surface area (Å²) in [7, 11) is 0. The summed E-state index contributed by atoms with van der Waals surface area (Å²) in [4.78, 5) is 12.1. The molecule has 1 rings (SSSR count). The smallest absolute Gasteiger partial charge is 0.349 e. The summed E-state index contributed by atoms with van der Waals surface area (Å²) >= 11 is 1.22. The maximum absolute atomic E-state index is 11.0. The Balaban J connectivity index is 2.91. The minimum Gasteiger partial charge on any atom is -0.489 e. The van der Waals surface area contributed by atoms with E-state index in [2.05, 4.69) is 0 Å². The zero-order valence-electron chi connectivity index (χ0n) is 9.56. The molecule has 0 aliphatic heterocycles. The summed E-state index contributed by atoms with van der Waals surface area (Å²) in [6.45, 7) is 5.69. The van der Waals surface area contributed by atoms with Crippen molar-refractivity contribution in [1.82, 2.24) is 0 Å². The van der Waals surface area contributed by atoms with Gasteiger partial charge in [0, 0.05) is 4.88 Å². The van der Waals surface area contributed by atoms with Gasteiger partial charge in [0.2, 0.25) is 0 Å². The van der Waals surface area contributed by atoms with E-state index in [-0.39, 0.29) is 17.4 Å². The van der Waals surface area contributed by atoms with Crippen molar-refractivity contribution >= 4 is 17.3 Å². The van der Waals surface area contributed by atoms with Crippen LogP contribution in [-0.2, 0) is 0 Å². The molecule has 0 spiro atoms. The van der Waals surface area contributed by atoms with Crippen molar-refractivity contribution in [1.29, 1.82) is 0 Å². The molecule has 0 saturated heterocycles. The van der Waals surface area contributed by atoms with Crippen molar-refractivity contribution in [2.45, 2.75) is 32.8 Å². The molecule has 4 nitrogen and oxygen atoms in total. The second-order valence-electron chi connectivity index (χ2n) is 3.96. The summed E-state index contributed by atoms with van der Waals surface area (Å²) in [5.41, 5.74) is 0. The summed E-state index contributed by atoms with van der Waals surface area (Å²) in [6, 6.07) is 1.74. The number of aromatic carboxylic acids is 1. The van der Waals surface area contributed by atoms with Gasteiger partial charge in [-0.2, -0.15) is 0 Å². The van der Waals surface area contributed by atoms with Crippen molar-refractivity contribution in [3.63, 3.8) is 0 Å². The highest BCUT2D eigenvalue weighted by molar-refractivity contribution is 7.14. The standard InChI is InChI=1S/C11H16O4S/c1-6(2)9-4-8(15-5-7(3)12)10(16-9)11(13)14/h4,6-7,12H,5H2,1-3H3,(H,13,14). The van der Waals surface area contributed by atoms with Gasteiger partial charge in [0.1, 0.15) is 12.4 Å². The molecule has 1 heterocycles. The van der Waals surface area contributed by atoms with Crippen molar-refractivity contribution in [3.8, 4) is 5.75 Å². The van der Waals surface area contributed by atoms with Crippen molar-refractivity contribution < 1.29 is 19.7 Å². The van der Waals surface area contributed by atoms with E-state index in [9.17, 15) is 4.79 Å². The summed E-state index contributed by atoms with van der Waals surface area (Å²) < 4.78 is 5.27. The second-order valence-corrected chi connectivity index (χ2v) is 5.05. The van der Waals surface area contributed by atoms with Crippen LogP contribution in [0.25, 0.3) is 0 Å². The minimum atomic E-state index is -0.988. The van der Waals surface area contributed by atoms with Crippen molar-refractivity contribution in [2.75, 3.05) is 6.61 Å². The number of carboxylic acids is 1. The molecule has 0 aliphatic rings. The van der Waals surface area contributed by atoms with Crippen LogP contribution in [0.5, 0.6) is 5.75 Å². The number of hydrogen-bond acceptors (Lipinski definition) is 4. The lowest BCUT2D eigenvalue weighted by Crippen LogP contribution is -2.13. The number of rotatable bonds is 5. The average Bonchev–Trinajstić information content (AvgIpc) is 2.58. The van der Waals surface area contributed by atoms with Crippen molar-refractivity contribution in [3.05, 3.63) is 15.8 Å². The molecule has 2 N–H and O–H groups in total. The first kappa shape index (κ1) is 13.0. The Morgan fingerprint density at radius 3 is 2.56 bits per heavy atom. The molecule has 0 amide bonds. The Morgan fingerprint density at radius 1 is 1.50 bits per heavy atom. The molecule has 1 aromatic rings. The van der Waals surface area contributed by atoms with Crippen LogP contribution in [0, 0.1) is 0 Å². The molecule has 5 heteroatoms. The summed E-state index contributed by atoms with van der Waals surface area (Å²) in [5, 5.41) is 18.1. The van der Waals surface area contributed by atoms with Gasteiger partial charge >= 0.3 is 5.97 Å². The third-order valence-electron chi connectivity index (χ3n) is 1.96. The van der Waals surface area contributed by atoms with Crippen molar-refractivity contribution in [2.24, 2.45) is 0 Å². The third kappa shape index (κ3) is 3.21. The Kier molecular flexibility index (Phi) is 4.32. The van der Waals surface area contributed by atoms with Crippen LogP contribution >= 0.6 is 11.3 Å². The van der Waals surface area contributed by atoms with Gasteiger partial charge in [-0.3, -0.25) is 0 Å². The van der Waals surface area contributed by atoms with Gasteiger partial charge in [0.05, 0.1) is 6.10 Å². The normalized spacial score (nSPS) is 12.8. The Hall–Kier alpha value is -1.07. The first-order valence-corrected chi connectivity index (χ1v) is 5.91. The van der Waals surface area contributed by atoms with Gasteiger partial charge in [-0.15, -0.1) is 11.3 Å². The molecule has 0 saturated carbocycles. The lowest BCUT2D eigenvalue weighted by atomic mass is 10.2. The fraction of sp³-hybridized carbons (Fsp3) is 0.545. The topological polar surface area (TPSA) is 66.8 Å². The van der Waals surface area contributed by atoms with Gasteiger partial charge in [0.15, 0.2) is 4.88 Å². The molecule has 90 valence electrons. The molecule has 1 atom stereocenters. The Bertz CT molecular complexity index is 368. The van der Waals surface area contributed by atoms with E-state index in [1.165, 1.54) is 11.3 Å². The SMILES string of the molecule is CC(O)COc1cc(C(C)C)sc1C(=O)O. The molecule has 0 radical (unpaired) electrons. The van der Waals surface area contributed by atoms with E-state index >= 15 is 0 Å². The highest BCUT2D eigenvalue weighted by Crippen LogP contribution is 2.33. The van der Waals surface area contributed by atoms with Crippen LogP contribution in [0.3, 0.4) is 0 Å². The first-order chi connectivity index (χ1) is 7.41. The van der Waals surface area contributed by atoms with Crippen LogP contribution in [0.2, 0.25) is 0 Å². The first-order valence-electron chi connectivity index (χ1n) is 5.09. The van der Waals surface area contributed by atoms with E-state index in [0.717, 1.165) is 4.88 Å². The zero-order valence-corrected chi connectivity index (χ0v) is 10.4. The highest BCUT2D eigenvalue weighted by atomic mass is 32.1. The minimum absolute atomic E-state index is 0.106. The fourth-order valence-electron chi connectivity index (χ4n) is 1.14. The lowest BCUT2D eigenvalue weighted by Gasteiger charge is -2.06. The second kappa shape index (κ2) is 5.32. The maximum atomic E-state index is 11.0. The number of ether oxygens (including phenoxy) is 1. The number of aliphatic hydroxyl groups excluding tert-OH is 1. The van der Waals surface area contributed by atoms with E-state index in [1.54, 1.807) is 13.0 Å². The van der Waals surface area contributed by atoms with Gasteiger partial charge in [0.25, 0.3) is 0 Å². The van der Waals surface area contributed by atoms with E-state index in [4.69, 9.17) is 14.9 Å². The predicted molar refractivity (Wildman–Crippen MR) is 62.5 cm³/mol. The van der Waals surface area contributed by atoms with Gasteiger partial charge in [-0.05, 0) is 18.9 Å². The van der Waals surface area contributed by atoms with Gasteiger partial charge < -0.3 is 14.9 Å². The summed E-state index contributed by atoms with van der Waals surface area (Å²) in [5.74, 6) is -0.369. The monoisotopic (exact) mass is 244 g/mol. The molecule has 1 aromatic heterocycles. The van der Waals surface area contributed by atoms with Crippen LogP contribution in [0.1, 0.15) is 41.2 Å². The Morgan fingerprint density at radius 2 is 2.12 bits per heavy atom.